The Morgan fingerprint density at radius 3 is 2.83 bits per heavy atom. The van der Waals surface area contributed by atoms with Gasteiger partial charge in [0.25, 0.3) is 0 Å². The molecule has 0 spiro atoms. The average molecular weight is 241 g/mol. The molecule has 1 unspecified atom stereocenters. The van der Waals surface area contributed by atoms with Crippen LogP contribution in [0.4, 0.5) is 0 Å². The number of hydrogen-bond donors (Lipinski definition) is 1. The van der Waals surface area contributed by atoms with E-state index in [0.717, 1.165) is 22.6 Å². The SMILES string of the molecule is Cn1c(CC(N)c2ccco2)nc2ccccc21. The van der Waals surface area contributed by atoms with Gasteiger partial charge in [0.05, 0.1) is 23.3 Å². The molecule has 2 N–H and O–H groups in total. The molecule has 0 saturated carbocycles. The molecule has 1 atom stereocenters. The number of imidazole rings is 1. The van der Waals surface area contributed by atoms with Gasteiger partial charge in [0.15, 0.2) is 0 Å². The van der Waals surface area contributed by atoms with E-state index in [1.807, 2.05) is 37.4 Å². The van der Waals surface area contributed by atoms with Crippen molar-refractivity contribution in [2.45, 2.75) is 12.5 Å². The van der Waals surface area contributed by atoms with Crippen LogP contribution in [0.2, 0.25) is 0 Å². The minimum Gasteiger partial charge on any atom is -0.468 e. The zero-order chi connectivity index (χ0) is 12.5. The quantitative estimate of drug-likeness (QED) is 0.766. The predicted molar refractivity (Wildman–Crippen MR) is 70.1 cm³/mol. The average Bonchev–Trinajstić information content (AvgIpc) is 3.00. The van der Waals surface area contributed by atoms with Crippen molar-refractivity contribution in [1.29, 1.82) is 0 Å². The minimum atomic E-state index is -0.157. The molecule has 18 heavy (non-hydrogen) atoms. The highest BCUT2D eigenvalue weighted by molar-refractivity contribution is 5.75. The lowest BCUT2D eigenvalue weighted by Gasteiger charge is -2.08. The third-order valence-corrected chi connectivity index (χ3v) is 3.19. The van der Waals surface area contributed by atoms with Crippen molar-refractivity contribution >= 4 is 11.0 Å². The molecular weight excluding hydrogens is 226 g/mol. The van der Waals surface area contributed by atoms with Crippen molar-refractivity contribution in [1.82, 2.24) is 9.55 Å². The Labute approximate surface area is 105 Å². The van der Waals surface area contributed by atoms with E-state index >= 15 is 0 Å². The van der Waals surface area contributed by atoms with Gasteiger partial charge in [0, 0.05) is 13.5 Å². The Bertz CT molecular complexity index is 655. The van der Waals surface area contributed by atoms with E-state index in [-0.39, 0.29) is 6.04 Å². The van der Waals surface area contributed by atoms with Crippen LogP contribution in [0.25, 0.3) is 11.0 Å². The van der Waals surface area contributed by atoms with Crippen LogP contribution >= 0.6 is 0 Å². The van der Waals surface area contributed by atoms with Crippen LogP contribution in [0.5, 0.6) is 0 Å². The molecule has 1 aromatic carbocycles. The van der Waals surface area contributed by atoms with E-state index in [1.54, 1.807) is 6.26 Å². The normalized spacial score (nSPS) is 13.0. The predicted octanol–water partition coefficient (Wildman–Crippen LogP) is 2.41. The van der Waals surface area contributed by atoms with Gasteiger partial charge < -0.3 is 14.7 Å². The first-order valence-electron chi connectivity index (χ1n) is 5.95. The molecule has 0 aliphatic heterocycles. The number of fused-ring (bicyclic) bond motifs is 1. The summed E-state index contributed by atoms with van der Waals surface area (Å²) in [6, 6.07) is 11.7. The van der Waals surface area contributed by atoms with E-state index in [9.17, 15) is 0 Å². The Morgan fingerprint density at radius 2 is 2.11 bits per heavy atom. The Morgan fingerprint density at radius 1 is 1.28 bits per heavy atom. The van der Waals surface area contributed by atoms with E-state index in [2.05, 4.69) is 15.6 Å². The summed E-state index contributed by atoms with van der Waals surface area (Å²) in [6.07, 6.45) is 2.31. The lowest BCUT2D eigenvalue weighted by atomic mass is 10.1. The molecule has 3 rings (SSSR count). The van der Waals surface area contributed by atoms with E-state index in [1.165, 1.54) is 0 Å². The van der Waals surface area contributed by atoms with Crippen molar-refractivity contribution in [3.63, 3.8) is 0 Å². The second-order valence-corrected chi connectivity index (χ2v) is 4.40. The number of rotatable bonds is 3. The summed E-state index contributed by atoms with van der Waals surface area (Å²) in [6.45, 7) is 0. The lowest BCUT2D eigenvalue weighted by Crippen LogP contribution is -2.15. The van der Waals surface area contributed by atoms with E-state index in [0.29, 0.717) is 6.42 Å². The molecule has 92 valence electrons. The van der Waals surface area contributed by atoms with E-state index in [4.69, 9.17) is 10.2 Å². The first kappa shape index (κ1) is 11.0. The van der Waals surface area contributed by atoms with Gasteiger partial charge in [-0.2, -0.15) is 0 Å². The second-order valence-electron chi connectivity index (χ2n) is 4.40. The van der Waals surface area contributed by atoms with Crippen LogP contribution in [-0.4, -0.2) is 9.55 Å². The number of hydrogen-bond acceptors (Lipinski definition) is 3. The van der Waals surface area contributed by atoms with Gasteiger partial charge in [-0.3, -0.25) is 0 Å². The Hall–Kier alpha value is -2.07. The van der Waals surface area contributed by atoms with Gasteiger partial charge in [0.2, 0.25) is 0 Å². The minimum absolute atomic E-state index is 0.157. The van der Waals surface area contributed by atoms with Gasteiger partial charge in [-0.15, -0.1) is 0 Å². The van der Waals surface area contributed by atoms with Crippen LogP contribution < -0.4 is 5.73 Å². The topological polar surface area (TPSA) is 57.0 Å². The summed E-state index contributed by atoms with van der Waals surface area (Å²) in [4.78, 5) is 4.60. The maximum absolute atomic E-state index is 6.12. The molecule has 4 heteroatoms. The summed E-state index contributed by atoms with van der Waals surface area (Å²) in [5.41, 5.74) is 8.24. The standard InChI is InChI=1S/C14H15N3O/c1-17-12-6-3-2-5-11(12)16-14(17)9-10(15)13-7-4-8-18-13/h2-8,10H,9,15H2,1H3. The summed E-state index contributed by atoms with van der Waals surface area (Å²) < 4.78 is 7.40. The molecule has 2 heterocycles. The summed E-state index contributed by atoms with van der Waals surface area (Å²) in [5.74, 6) is 1.77. The molecular formula is C14H15N3O. The molecule has 4 nitrogen and oxygen atoms in total. The molecule has 0 amide bonds. The molecule has 0 bridgehead atoms. The monoisotopic (exact) mass is 241 g/mol. The molecule has 3 aromatic rings. The molecule has 0 aliphatic carbocycles. The zero-order valence-corrected chi connectivity index (χ0v) is 10.2. The lowest BCUT2D eigenvalue weighted by molar-refractivity contribution is 0.459. The largest absolute Gasteiger partial charge is 0.468 e. The Kier molecular flexibility index (Phi) is 2.64. The van der Waals surface area contributed by atoms with Crippen LogP contribution in [-0.2, 0) is 13.5 Å². The first-order valence-corrected chi connectivity index (χ1v) is 5.95. The number of nitrogens with zero attached hydrogens (tertiary/aromatic N) is 2. The number of aromatic nitrogens is 2. The smallest absolute Gasteiger partial charge is 0.120 e. The maximum Gasteiger partial charge on any atom is 0.120 e. The zero-order valence-electron chi connectivity index (χ0n) is 10.2. The number of aryl methyl sites for hydroxylation is 1. The number of para-hydroxylation sites is 2. The molecule has 0 fully saturated rings. The summed E-state index contributed by atoms with van der Waals surface area (Å²) in [5, 5.41) is 0. The maximum atomic E-state index is 6.12. The molecule has 2 aromatic heterocycles. The van der Waals surface area contributed by atoms with Crippen molar-refractivity contribution in [2.75, 3.05) is 0 Å². The van der Waals surface area contributed by atoms with Crippen molar-refractivity contribution in [3.05, 3.63) is 54.2 Å². The second kappa shape index (κ2) is 4.31. The van der Waals surface area contributed by atoms with Gasteiger partial charge in [0.1, 0.15) is 11.6 Å². The van der Waals surface area contributed by atoms with Crippen LogP contribution in [0, 0.1) is 0 Å². The highest BCUT2D eigenvalue weighted by Crippen LogP contribution is 2.19. The first-order chi connectivity index (χ1) is 8.75. The molecule has 0 aliphatic rings. The Balaban J connectivity index is 1.93. The highest BCUT2D eigenvalue weighted by Gasteiger charge is 2.14. The summed E-state index contributed by atoms with van der Waals surface area (Å²) >= 11 is 0. The van der Waals surface area contributed by atoms with Gasteiger partial charge in [-0.1, -0.05) is 12.1 Å². The van der Waals surface area contributed by atoms with Crippen LogP contribution in [0.3, 0.4) is 0 Å². The third kappa shape index (κ3) is 1.80. The van der Waals surface area contributed by atoms with Crippen molar-refractivity contribution < 1.29 is 4.42 Å². The van der Waals surface area contributed by atoms with Gasteiger partial charge >= 0.3 is 0 Å². The van der Waals surface area contributed by atoms with Crippen molar-refractivity contribution in [2.24, 2.45) is 12.8 Å². The number of nitrogens with two attached hydrogens (primary N) is 1. The number of furan rings is 1. The molecule has 0 saturated heterocycles. The highest BCUT2D eigenvalue weighted by atomic mass is 16.3. The summed E-state index contributed by atoms with van der Waals surface area (Å²) in [7, 11) is 2.01. The van der Waals surface area contributed by atoms with Gasteiger partial charge in [-0.25, -0.2) is 4.98 Å². The number of benzene rings is 1. The fourth-order valence-electron chi connectivity index (χ4n) is 2.18. The van der Waals surface area contributed by atoms with Crippen molar-refractivity contribution in [3.8, 4) is 0 Å². The van der Waals surface area contributed by atoms with Crippen LogP contribution in [0.15, 0.2) is 47.1 Å². The molecule has 0 radical (unpaired) electrons. The third-order valence-electron chi connectivity index (χ3n) is 3.19. The van der Waals surface area contributed by atoms with Crippen LogP contribution in [0.1, 0.15) is 17.6 Å². The fraction of sp³-hybridized carbons (Fsp3) is 0.214. The van der Waals surface area contributed by atoms with Gasteiger partial charge in [-0.05, 0) is 24.3 Å². The fourth-order valence-corrected chi connectivity index (χ4v) is 2.18. The van der Waals surface area contributed by atoms with E-state index < -0.39 is 0 Å².